The topological polar surface area (TPSA) is 76.1 Å². The molecule has 1 aromatic heterocycles. The van der Waals surface area contributed by atoms with Gasteiger partial charge in [-0.3, -0.25) is 19.9 Å². The van der Waals surface area contributed by atoms with E-state index in [-0.39, 0.29) is 5.56 Å². The summed E-state index contributed by atoms with van der Waals surface area (Å²) in [4.78, 5) is 24.7. The molecule has 0 atom stereocenters. The Morgan fingerprint density at radius 1 is 1.30 bits per heavy atom. The molecule has 2 N–H and O–H groups in total. The van der Waals surface area contributed by atoms with E-state index < -0.39 is 11.7 Å². The molecule has 0 aliphatic rings. The number of hydrogen-bond acceptors (Lipinski definition) is 4. The summed E-state index contributed by atoms with van der Waals surface area (Å²) in [5.74, 6) is 1.07. The molecule has 2 aromatic rings. The van der Waals surface area contributed by atoms with Crippen LogP contribution in [-0.2, 0) is 11.3 Å². The van der Waals surface area contributed by atoms with E-state index in [2.05, 4.69) is 10.4 Å². The maximum atomic E-state index is 11.9. The third-order valence-corrected chi connectivity index (χ3v) is 3.74. The summed E-state index contributed by atoms with van der Waals surface area (Å²) >= 11 is 1.66. The quantitative estimate of drug-likeness (QED) is 0.822. The van der Waals surface area contributed by atoms with Gasteiger partial charge in [0.05, 0.1) is 6.54 Å². The number of anilines is 1. The van der Waals surface area contributed by atoms with Crippen LogP contribution in [0.1, 0.15) is 20.8 Å². The minimum atomic E-state index is -0.593. The summed E-state index contributed by atoms with van der Waals surface area (Å²) in [5, 5.41) is 5.39. The van der Waals surface area contributed by atoms with Gasteiger partial charge in [0.1, 0.15) is 11.4 Å². The van der Waals surface area contributed by atoms with Crippen molar-refractivity contribution in [1.29, 1.82) is 0 Å². The molecule has 0 fully saturated rings. The van der Waals surface area contributed by atoms with Gasteiger partial charge >= 0.3 is 6.09 Å². The van der Waals surface area contributed by atoms with E-state index in [0.717, 1.165) is 10.6 Å². The van der Waals surface area contributed by atoms with Crippen LogP contribution >= 0.6 is 11.8 Å². The van der Waals surface area contributed by atoms with Crippen LogP contribution in [0.25, 0.3) is 0 Å². The number of rotatable bonds is 5. The highest BCUT2D eigenvalue weighted by Crippen LogP contribution is 2.16. The van der Waals surface area contributed by atoms with E-state index in [9.17, 15) is 9.59 Å². The molecule has 0 spiro atoms. The molecule has 1 heterocycles. The predicted octanol–water partition coefficient (Wildman–Crippen LogP) is 3.32. The van der Waals surface area contributed by atoms with E-state index in [4.69, 9.17) is 4.74 Å². The summed E-state index contributed by atoms with van der Waals surface area (Å²) in [6, 6.07) is 11.3. The smallest absolute Gasteiger partial charge is 0.413 e. The van der Waals surface area contributed by atoms with Gasteiger partial charge < -0.3 is 4.74 Å². The van der Waals surface area contributed by atoms with E-state index in [1.807, 2.05) is 30.3 Å². The van der Waals surface area contributed by atoms with Gasteiger partial charge in [-0.25, -0.2) is 4.79 Å². The molecule has 0 saturated heterocycles. The van der Waals surface area contributed by atoms with Crippen molar-refractivity contribution in [3.8, 4) is 0 Å². The SMILES string of the molecule is CC(C)(C)OC(=O)Nc1cc(=O)n(CCSc2ccccc2)[nH]1. The molecule has 124 valence electrons. The Balaban J connectivity index is 1.88. The van der Waals surface area contributed by atoms with Crippen LogP contribution in [0.15, 0.2) is 46.1 Å². The standard InChI is InChI=1S/C16H21N3O3S/c1-16(2,3)22-15(21)17-13-11-14(20)19(18-13)9-10-23-12-7-5-4-6-8-12/h4-8,11,18H,9-10H2,1-3H3,(H,17,21). The minimum Gasteiger partial charge on any atom is -0.444 e. The number of carbonyl (C=O) groups excluding carboxylic acids is 1. The van der Waals surface area contributed by atoms with E-state index in [0.29, 0.717) is 12.4 Å². The van der Waals surface area contributed by atoms with Gasteiger partial charge in [0.15, 0.2) is 0 Å². The number of nitrogens with zero attached hydrogens (tertiary/aromatic N) is 1. The summed E-state index contributed by atoms with van der Waals surface area (Å²) in [5.41, 5.74) is -0.774. The lowest BCUT2D eigenvalue weighted by molar-refractivity contribution is 0.0635. The molecule has 1 amide bonds. The highest BCUT2D eigenvalue weighted by Gasteiger charge is 2.17. The summed E-state index contributed by atoms with van der Waals surface area (Å²) in [6.07, 6.45) is -0.593. The number of hydrogen-bond donors (Lipinski definition) is 2. The Morgan fingerprint density at radius 3 is 2.65 bits per heavy atom. The molecule has 0 aliphatic carbocycles. The normalized spacial score (nSPS) is 11.3. The van der Waals surface area contributed by atoms with E-state index in [1.54, 1.807) is 32.5 Å². The molecule has 0 saturated carbocycles. The Morgan fingerprint density at radius 2 is 2.00 bits per heavy atom. The number of ether oxygens (including phenoxy) is 1. The first-order valence-corrected chi connectivity index (χ1v) is 8.30. The molecule has 0 bridgehead atoms. The highest BCUT2D eigenvalue weighted by molar-refractivity contribution is 7.99. The minimum absolute atomic E-state index is 0.190. The zero-order valence-corrected chi connectivity index (χ0v) is 14.3. The monoisotopic (exact) mass is 335 g/mol. The maximum Gasteiger partial charge on any atom is 0.413 e. The van der Waals surface area contributed by atoms with Crippen molar-refractivity contribution in [1.82, 2.24) is 9.78 Å². The van der Waals surface area contributed by atoms with Crippen LogP contribution in [0.5, 0.6) is 0 Å². The lowest BCUT2D eigenvalue weighted by atomic mass is 10.2. The first-order chi connectivity index (χ1) is 10.8. The molecule has 1 aromatic carbocycles. The van der Waals surface area contributed by atoms with E-state index >= 15 is 0 Å². The number of benzene rings is 1. The lowest BCUT2D eigenvalue weighted by Crippen LogP contribution is -2.27. The number of thioether (sulfide) groups is 1. The molecular formula is C16H21N3O3S. The average molecular weight is 335 g/mol. The highest BCUT2D eigenvalue weighted by atomic mass is 32.2. The molecule has 6 nitrogen and oxygen atoms in total. The van der Waals surface area contributed by atoms with Crippen molar-refractivity contribution >= 4 is 23.7 Å². The van der Waals surface area contributed by atoms with Crippen molar-refractivity contribution in [2.45, 2.75) is 37.8 Å². The van der Waals surface area contributed by atoms with Crippen LogP contribution in [-0.4, -0.2) is 27.2 Å². The first kappa shape index (κ1) is 17.2. The molecule has 0 unspecified atom stereocenters. The predicted molar refractivity (Wildman–Crippen MR) is 92.1 cm³/mol. The molecule has 0 radical (unpaired) electrons. The van der Waals surface area contributed by atoms with Crippen LogP contribution in [0, 0.1) is 0 Å². The summed E-state index contributed by atoms with van der Waals surface area (Å²) < 4.78 is 6.61. The first-order valence-electron chi connectivity index (χ1n) is 7.31. The molecule has 7 heteroatoms. The second-order valence-electron chi connectivity index (χ2n) is 5.95. The van der Waals surface area contributed by atoms with Crippen LogP contribution in [0.4, 0.5) is 10.6 Å². The van der Waals surface area contributed by atoms with Gasteiger partial charge in [-0.15, -0.1) is 11.8 Å². The zero-order valence-electron chi connectivity index (χ0n) is 13.5. The summed E-state index contributed by atoms with van der Waals surface area (Å²) in [7, 11) is 0. The van der Waals surface area contributed by atoms with Crippen molar-refractivity contribution < 1.29 is 9.53 Å². The second-order valence-corrected chi connectivity index (χ2v) is 7.12. The second kappa shape index (κ2) is 7.41. The Hall–Kier alpha value is -2.15. The van der Waals surface area contributed by atoms with Crippen molar-refractivity contribution in [3.63, 3.8) is 0 Å². The fourth-order valence-corrected chi connectivity index (χ4v) is 2.71. The maximum absolute atomic E-state index is 11.9. The van der Waals surface area contributed by atoms with Crippen LogP contribution < -0.4 is 10.9 Å². The van der Waals surface area contributed by atoms with Gasteiger partial charge in [-0.05, 0) is 32.9 Å². The van der Waals surface area contributed by atoms with Crippen LogP contribution in [0.3, 0.4) is 0 Å². The summed E-state index contributed by atoms with van der Waals surface area (Å²) in [6.45, 7) is 5.86. The lowest BCUT2D eigenvalue weighted by Gasteiger charge is -2.19. The van der Waals surface area contributed by atoms with Crippen molar-refractivity contribution in [2.75, 3.05) is 11.1 Å². The van der Waals surface area contributed by atoms with Gasteiger partial charge in [-0.2, -0.15) is 0 Å². The van der Waals surface area contributed by atoms with Gasteiger partial charge in [-0.1, -0.05) is 18.2 Å². The number of carbonyl (C=O) groups is 1. The Kier molecular flexibility index (Phi) is 5.54. The third kappa shape index (κ3) is 5.86. The zero-order chi connectivity index (χ0) is 16.9. The number of aromatic nitrogens is 2. The molecular weight excluding hydrogens is 314 g/mol. The molecule has 0 aliphatic heterocycles. The fraction of sp³-hybridized carbons (Fsp3) is 0.375. The number of H-pyrrole nitrogens is 1. The van der Waals surface area contributed by atoms with Gasteiger partial charge in [0.25, 0.3) is 5.56 Å². The van der Waals surface area contributed by atoms with Crippen LogP contribution in [0.2, 0.25) is 0 Å². The molecule has 2 rings (SSSR count). The number of aromatic amines is 1. The third-order valence-electron chi connectivity index (χ3n) is 2.75. The molecule has 23 heavy (non-hydrogen) atoms. The number of amides is 1. The van der Waals surface area contributed by atoms with E-state index in [1.165, 1.54) is 10.7 Å². The largest absolute Gasteiger partial charge is 0.444 e. The Bertz CT molecular complexity index is 701. The fourth-order valence-electron chi connectivity index (χ4n) is 1.85. The average Bonchev–Trinajstić information content (AvgIpc) is 2.78. The number of nitrogens with one attached hydrogen (secondary N) is 2. The van der Waals surface area contributed by atoms with Crippen molar-refractivity contribution in [2.24, 2.45) is 0 Å². The van der Waals surface area contributed by atoms with Gasteiger partial charge in [0.2, 0.25) is 0 Å². The van der Waals surface area contributed by atoms with Gasteiger partial charge in [0, 0.05) is 16.7 Å². The van der Waals surface area contributed by atoms with Crippen molar-refractivity contribution in [3.05, 3.63) is 46.8 Å². The Labute approximate surface area is 139 Å². The number of aryl methyl sites for hydroxylation is 1.